The van der Waals surface area contributed by atoms with Crippen LogP contribution in [0.5, 0.6) is 0 Å². The summed E-state index contributed by atoms with van der Waals surface area (Å²) in [5.41, 5.74) is 3.10. The van der Waals surface area contributed by atoms with Gasteiger partial charge >= 0.3 is 18.0 Å². The van der Waals surface area contributed by atoms with Crippen LogP contribution in [0.2, 0.25) is 0 Å². The second kappa shape index (κ2) is 10.3. The highest BCUT2D eigenvalue weighted by molar-refractivity contribution is 5.82. The number of carboxylic acids is 2. The molecule has 154 valence electrons. The van der Waals surface area contributed by atoms with Gasteiger partial charge in [-0.15, -0.1) is 0 Å². The number of aliphatic carboxylic acids is 2. The van der Waals surface area contributed by atoms with Crippen LogP contribution in [0.3, 0.4) is 0 Å². The molecular formula is C22H26N2O5. The highest BCUT2D eigenvalue weighted by atomic mass is 16.4. The number of carbonyl (C=O) groups is 3. The Kier molecular flexibility index (Phi) is 7.77. The summed E-state index contributed by atoms with van der Waals surface area (Å²) in [5.74, 6) is -2.75. The number of rotatable bonds is 9. The molecule has 7 heteroatoms. The number of hydrogen-bond donors (Lipinski definition) is 4. The smallest absolute Gasteiger partial charge is 0.325 e. The number of benzene rings is 2. The van der Waals surface area contributed by atoms with Gasteiger partial charge in [0.15, 0.2) is 0 Å². The molecule has 0 fully saturated rings. The van der Waals surface area contributed by atoms with E-state index in [2.05, 4.69) is 10.6 Å². The Morgan fingerprint density at radius 3 is 1.97 bits per heavy atom. The van der Waals surface area contributed by atoms with Gasteiger partial charge in [0.2, 0.25) is 0 Å². The quantitative estimate of drug-likeness (QED) is 0.518. The molecule has 2 aromatic carbocycles. The monoisotopic (exact) mass is 398 g/mol. The summed E-state index contributed by atoms with van der Waals surface area (Å²) in [5, 5.41) is 23.2. The average molecular weight is 398 g/mol. The molecule has 4 N–H and O–H groups in total. The third-order valence-corrected chi connectivity index (χ3v) is 4.66. The molecule has 29 heavy (non-hydrogen) atoms. The Bertz CT molecular complexity index is 836. The Labute approximate surface area is 169 Å². The summed E-state index contributed by atoms with van der Waals surface area (Å²) in [6, 6.07) is 15.6. The molecule has 7 nitrogen and oxygen atoms in total. The molecule has 2 aromatic rings. The zero-order valence-corrected chi connectivity index (χ0v) is 16.5. The minimum atomic E-state index is -1.15. The first kappa shape index (κ1) is 21.9. The highest BCUT2D eigenvalue weighted by Gasteiger charge is 2.22. The first-order valence-electron chi connectivity index (χ1n) is 9.43. The van der Waals surface area contributed by atoms with Crippen molar-refractivity contribution in [2.45, 2.75) is 38.8 Å². The predicted molar refractivity (Wildman–Crippen MR) is 110 cm³/mol. The van der Waals surface area contributed by atoms with E-state index in [4.69, 9.17) is 5.11 Å². The van der Waals surface area contributed by atoms with E-state index >= 15 is 0 Å². The molecule has 0 heterocycles. The van der Waals surface area contributed by atoms with E-state index in [0.717, 1.165) is 16.7 Å². The second-order valence-corrected chi connectivity index (χ2v) is 7.12. The van der Waals surface area contributed by atoms with Gasteiger partial charge in [-0.3, -0.25) is 9.59 Å². The van der Waals surface area contributed by atoms with Gasteiger partial charge in [-0.25, -0.2) is 4.79 Å². The van der Waals surface area contributed by atoms with Crippen LogP contribution in [0.15, 0.2) is 54.6 Å². The number of nitrogens with one attached hydrogen (secondary N) is 2. The molecule has 0 saturated heterocycles. The van der Waals surface area contributed by atoms with E-state index < -0.39 is 36.0 Å². The van der Waals surface area contributed by atoms with Crippen molar-refractivity contribution in [3.05, 3.63) is 60.2 Å². The molecule has 0 aliphatic carbocycles. The van der Waals surface area contributed by atoms with Crippen molar-refractivity contribution in [3.63, 3.8) is 0 Å². The molecule has 0 aliphatic rings. The molecule has 0 aliphatic heterocycles. The molecular weight excluding hydrogens is 372 g/mol. The third-order valence-electron chi connectivity index (χ3n) is 4.66. The Balaban J connectivity index is 2.08. The van der Waals surface area contributed by atoms with Gasteiger partial charge < -0.3 is 20.8 Å². The molecule has 2 amide bonds. The Hall–Kier alpha value is -3.35. The maximum Gasteiger partial charge on any atom is 0.325 e. The van der Waals surface area contributed by atoms with Gasteiger partial charge in [0.05, 0.1) is 5.92 Å². The van der Waals surface area contributed by atoms with Gasteiger partial charge in [0.25, 0.3) is 0 Å². The zero-order chi connectivity index (χ0) is 21.4. The fourth-order valence-electron chi connectivity index (χ4n) is 2.95. The Morgan fingerprint density at radius 2 is 1.41 bits per heavy atom. The number of carboxylic acid groups (broad SMARTS) is 2. The molecule has 2 rings (SSSR count). The summed E-state index contributed by atoms with van der Waals surface area (Å²) in [6.07, 6.45) is 0.659. The highest BCUT2D eigenvalue weighted by Crippen LogP contribution is 2.20. The lowest BCUT2D eigenvalue weighted by molar-refractivity contribution is -0.141. The molecule has 3 atom stereocenters. The zero-order valence-electron chi connectivity index (χ0n) is 16.5. The lowest BCUT2D eigenvalue weighted by Crippen LogP contribution is -2.49. The number of hydrogen-bond acceptors (Lipinski definition) is 3. The van der Waals surface area contributed by atoms with Crippen molar-refractivity contribution in [1.82, 2.24) is 10.6 Å². The molecule has 0 radical (unpaired) electrons. The van der Waals surface area contributed by atoms with Gasteiger partial charge in [0, 0.05) is 6.04 Å². The van der Waals surface area contributed by atoms with E-state index in [-0.39, 0.29) is 6.42 Å². The summed E-state index contributed by atoms with van der Waals surface area (Å²) >= 11 is 0. The molecule has 0 spiro atoms. The fraction of sp³-hybridized carbons (Fsp3) is 0.318. The largest absolute Gasteiger partial charge is 0.481 e. The predicted octanol–water partition coefficient (Wildman–Crippen LogP) is 3.15. The number of carbonyl (C=O) groups excluding carboxylic acids is 1. The van der Waals surface area contributed by atoms with Crippen molar-refractivity contribution < 1.29 is 24.6 Å². The fourth-order valence-corrected chi connectivity index (χ4v) is 2.95. The van der Waals surface area contributed by atoms with Crippen molar-refractivity contribution >= 4 is 18.0 Å². The van der Waals surface area contributed by atoms with Crippen molar-refractivity contribution in [2.75, 3.05) is 0 Å². The van der Waals surface area contributed by atoms with Crippen LogP contribution in [-0.2, 0) is 16.0 Å². The lowest BCUT2D eigenvalue weighted by Gasteiger charge is -2.22. The number of urea groups is 1. The van der Waals surface area contributed by atoms with Crippen LogP contribution in [0.25, 0.3) is 11.1 Å². The standard InChI is InChI=1S/C22H26N2O5/c1-14(20(25)26)12-19(24-22(29)23-15(2)21(27)28)13-16-8-10-18(11-9-16)17-6-4-3-5-7-17/h3-11,14-15,19H,12-13H2,1-2H3,(H,25,26)(H,27,28)(H2,23,24,29)/t14-,15-,19?/m1/s1. The first-order valence-corrected chi connectivity index (χ1v) is 9.43. The average Bonchev–Trinajstić information content (AvgIpc) is 2.68. The lowest BCUT2D eigenvalue weighted by atomic mass is 9.95. The minimum Gasteiger partial charge on any atom is -0.481 e. The molecule has 1 unspecified atom stereocenters. The Morgan fingerprint density at radius 1 is 0.828 bits per heavy atom. The number of amides is 2. The van der Waals surface area contributed by atoms with E-state index in [9.17, 15) is 19.5 Å². The molecule has 0 saturated carbocycles. The van der Waals surface area contributed by atoms with Crippen LogP contribution in [0.1, 0.15) is 25.8 Å². The minimum absolute atomic E-state index is 0.227. The van der Waals surface area contributed by atoms with Crippen LogP contribution >= 0.6 is 0 Å². The van der Waals surface area contributed by atoms with Crippen LogP contribution in [0.4, 0.5) is 4.79 Å². The van der Waals surface area contributed by atoms with Gasteiger partial charge in [-0.05, 0) is 36.5 Å². The summed E-state index contributed by atoms with van der Waals surface area (Å²) in [4.78, 5) is 34.3. The molecule has 0 aromatic heterocycles. The van der Waals surface area contributed by atoms with Gasteiger partial charge in [-0.1, -0.05) is 61.5 Å². The maximum atomic E-state index is 12.1. The third kappa shape index (κ3) is 6.95. The van der Waals surface area contributed by atoms with E-state index in [1.807, 2.05) is 54.6 Å². The maximum absolute atomic E-state index is 12.1. The van der Waals surface area contributed by atoms with Crippen LogP contribution in [-0.4, -0.2) is 40.3 Å². The van der Waals surface area contributed by atoms with Crippen molar-refractivity contribution in [1.29, 1.82) is 0 Å². The summed E-state index contributed by atoms with van der Waals surface area (Å²) in [7, 11) is 0. The van der Waals surface area contributed by atoms with Crippen molar-refractivity contribution in [3.8, 4) is 11.1 Å². The van der Waals surface area contributed by atoms with Crippen LogP contribution < -0.4 is 10.6 Å². The first-order chi connectivity index (χ1) is 13.8. The van der Waals surface area contributed by atoms with E-state index in [1.165, 1.54) is 6.92 Å². The SMILES string of the molecule is C[C@H](CC(Cc1ccc(-c2ccccc2)cc1)NC(=O)N[C@H](C)C(=O)O)C(=O)O. The van der Waals surface area contributed by atoms with Crippen LogP contribution in [0, 0.1) is 5.92 Å². The van der Waals surface area contributed by atoms with Crippen molar-refractivity contribution in [2.24, 2.45) is 5.92 Å². The van der Waals surface area contributed by atoms with E-state index in [0.29, 0.717) is 6.42 Å². The van der Waals surface area contributed by atoms with Gasteiger partial charge in [-0.2, -0.15) is 0 Å². The second-order valence-electron chi connectivity index (χ2n) is 7.12. The molecule has 0 bridgehead atoms. The van der Waals surface area contributed by atoms with E-state index in [1.54, 1.807) is 6.92 Å². The summed E-state index contributed by atoms with van der Waals surface area (Å²) < 4.78 is 0. The topological polar surface area (TPSA) is 116 Å². The summed E-state index contributed by atoms with van der Waals surface area (Å²) in [6.45, 7) is 2.94. The van der Waals surface area contributed by atoms with Gasteiger partial charge in [0.1, 0.15) is 6.04 Å². The normalized spacial score (nSPS) is 13.7.